The lowest BCUT2D eigenvalue weighted by atomic mass is 10.2. The summed E-state index contributed by atoms with van der Waals surface area (Å²) >= 11 is 0. The SMILES string of the molecule is CN=C(NCCCOCCc1ccccc1)NC(C)CCS(C)(=O)=O. The maximum absolute atomic E-state index is 11.2. The molecule has 6 nitrogen and oxygen atoms in total. The van der Waals surface area contributed by atoms with E-state index in [0.29, 0.717) is 19.0 Å². The van der Waals surface area contributed by atoms with E-state index in [-0.39, 0.29) is 11.8 Å². The van der Waals surface area contributed by atoms with Crippen LogP contribution in [0.4, 0.5) is 0 Å². The third-order valence-corrected chi connectivity index (χ3v) is 4.64. The van der Waals surface area contributed by atoms with Gasteiger partial charge in [0, 0.05) is 32.5 Å². The van der Waals surface area contributed by atoms with E-state index in [2.05, 4.69) is 27.8 Å². The minimum atomic E-state index is -2.93. The molecular weight excluding hydrogens is 338 g/mol. The summed E-state index contributed by atoms with van der Waals surface area (Å²) in [5.41, 5.74) is 1.29. The van der Waals surface area contributed by atoms with Crippen LogP contribution >= 0.6 is 0 Å². The zero-order chi connectivity index (χ0) is 18.5. The first kappa shape index (κ1) is 21.4. The van der Waals surface area contributed by atoms with Gasteiger partial charge in [-0.15, -0.1) is 0 Å². The number of benzene rings is 1. The molecule has 0 aromatic heterocycles. The van der Waals surface area contributed by atoms with Gasteiger partial charge in [-0.25, -0.2) is 8.42 Å². The Morgan fingerprint density at radius 3 is 2.60 bits per heavy atom. The van der Waals surface area contributed by atoms with Gasteiger partial charge in [-0.1, -0.05) is 30.3 Å². The molecule has 1 rings (SSSR count). The highest BCUT2D eigenvalue weighted by atomic mass is 32.2. The number of nitrogens with zero attached hydrogens (tertiary/aromatic N) is 1. The molecule has 0 radical (unpaired) electrons. The molecular formula is C18H31N3O3S. The normalized spacial score (nSPS) is 13.5. The highest BCUT2D eigenvalue weighted by Crippen LogP contribution is 1.99. The molecule has 0 saturated carbocycles. The van der Waals surface area contributed by atoms with Crippen molar-refractivity contribution in [2.75, 3.05) is 38.8 Å². The van der Waals surface area contributed by atoms with E-state index in [1.807, 2.05) is 25.1 Å². The van der Waals surface area contributed by atoms with Crippen LogP contribution in [0.15, 0.2) is 35.3 Å². The number of aliphatic imine (C=N–C) groups is 1. The van der Waals surface area contributed by atoms with Gasteiger partial charge in [-0.05, 0) is 31.7 Å². The van der Waals surface area contributed by atoms with Crippen molar-refractivity contribution >= 4 is 15.8 Å². The van der Waals surface area contributed by atoms with Crippen molar-refractivity contribution in [1.82, 2.24) is 10.6 Å². The number of rotatable bonds is 11. The van der Waals surface area contributed by atoms with Crippen molar-refractivity contribution < 1.29 is 13.2 Å². The second-order valence-corrected chi connectivity index (χ2v) is 8.42. The second-order valence-electron chi connectivity index (χ2n) is 6.16. The van der Waals surface area contributed by atoms with E-state index < -0.39 is 9.84 Å². The Labute approximate surface area is 152 Å². The van der Waals surface area contributed by atoms with E-state index in [1.54, 1.807) is 7.05 Å². The summed E-state index contributed by atoms with van der Waals surface area (Å²) < 4.78 is 28.0. The fourth-order valence-electron chi connectivity index (χ4n) is 2.21. The predicted octanol–water partition coefficient (Wildman–Crippen LogP) is 1.62. The van der Waals surface area contributed by atoms with E-state index in [1.165, 1.54) is 11.8 Å². The Kier molecular flexibility index (Phi) is 10.2. The third-order valence-electron chi connectivity index (χ3n) is 3.66. The zero-order valence-corrected chi connectivity index (χ0v) is 16.3. The maximum atomic E-state index is 11.2. The Hall–Kier alpha value is -1.60. The molecule has 0 aliphatic carbocycles. The van der Waals surface area contributed by atoms with Gasteiger partial charge in [0.25, 0.3) is 0 Å². The number of nitrogens with one attached hydrogen (secondary N) is 2. The van der Waals surface area contributed by atoms with Gasteiger partial charge in [0.05, 0.1) is 12.4 Å². The summed E-state index contributed by atoms with van der Waals surface area (Å²) in [6.07, 6.45) is 3.62. The number of guanidine groups is 1. The van der Waals surface area contributed by atoms with Gasteiger partial charge >= 0.3 is 0 Å². The zero-order valence-electron chi connectivity index (χ0n) is 15.5. The number of hydrogen-bond acceptors (Lipinski definition) is 4. The van der Waals surface area contributed by atoms with Crippen LogP contribution in [0, 0.1) is 0 Å². The van der Waals surface area contributed by atoms with Crippen LogP contribution in [-0.2, 0) is 21.0 Å². The van der Waals surface area contributed by atoms with Gasteiger partial charge < -0.3 is 15.4 Å². The van der Waals surface area contributed by atoms with Gasteiger partial charge in [0.1, 0.15) is 9.84 Å². The predicted molar refractivity (Wildman–Crippen MR) is 104 cm³/mol. The van der Waals surface area contributed by atoms with Crippen LogP contribution in [0.5, 0.6) is 0 Å². The molecule has 0 aliphatic heterocycles. The smallest absolute Gasteiger partial charge is 0.191 e. The van der Waals surface area contributed by atoms with Crippen molar-refractivity contribution in [2.45, 2.75) is 32.2 Å². The molecule has 1 aromatic rings. The summed E-state index contributed by atoms with van der Waals surface area (Å²) in [5.74, 6) is 0.859. The first-order chi connectivity index (χ1) is 11.9. The van der Waals surface area contributed by atoms with Crippen LogP contribution in [-0.4, -0.2) is 59.2 Å². The second kappa shape index (κ2) is 11.9. The molecule has 1 aromatic carbocycles. The van der Waals surface area contributed by atoms with E-state index >= 15 is 0 Å². The number of sulfone groups is 1. The standard InChI is InChI=1S/C18H31N3O3S/c1-16(11-15-25(3,22)23)21-18(19-2)20-12-7-13-24-14-10-17-8-5-4-6-9-17/h4-6,8-9,16H,7,10-15H2,1-3H3,(H2,19,20,21). The summed E-state index contributed by atoms with van der Waals surface area (Å²) in [6.45, 7) is 4.12. The summed E-state index contributed by atoms with van der Waals surface area (Å²) in [7, 11) is -1.23. The molecule has 25 heavy (non-hydrogen) atoms. The largest absolute Gasteiger partial charge is 0.381 e. The fourth-order valence-corrected chi connectivity index (χ4v) is 2.99. The molecule has 1 atom stereocenters. The number of ether oxygens (including phenoxy) is 1. The molecule has 0 amide bonds. The molecule has 142 valence electrons. The molecule has 0 spiro atoms. The van der Waals surface area contributed by atoms with Crippen molar-refractivity contribution in [3.8, 4) is 0 Å². The fraction of sp³-hybridized carbons (Fsp3) is 0.611. The third kappa shape index (κ3) is 11.6. The first-order valence-corrected chi connectivity index (χ1v) is 10.7. The van der Waals surface area contributed by atoms with Gasteiger partial charge in [-0.2, -0.15) is 0 Å². The lowest BCUT2D eigenvalue weighted by molar-refractivity contribution is 0.135. The van der Waals surface area contributed by atoms with E-state index in [9.17, 15) is 8.42 Å². The first-order valence-electron chi connectivity index (χ1n) is 8.67. The highest BCUT2D eigenvalue weighted by molar-refractivity contribution is 7.90. The molecule has 0 aliphatic rings. The lowest BCUT2D eigenvalue weighted by Gasteiger charge is -2.17. The summed E-state index contributed by atoms with van der Waals surface area (Å²) in [6, 6.07) is 10.3. The molecule has 0 heterocycles. The topological polar surface area (TPSA) is 79.8 Å². The Balaban J connectivity index is 2.08. The molecule has 2 N–H and O–H groups in total. The van der Waals surface area contributed by atoms with Crippen LogP contribution in [0.1, 0.15) is 25.3 Å². The summed E-state index contributed by atoms with van der Waals surface area (Å²) in [5, 5.41) is 6.41. The van der Waals surface area contributed by atoms with Crippen LogP contribution < -0.4 is 10.6 Å². The van der Waals surface area contributed by atoms with E-state index in [0.717, 1.165) is 26.0 Å². The van der Waals surface area contributed by atoms with Gasteiger partial charge in [0.2, 0.25) is 0 Å². The molecule has 0 fully saturated rings. The van der Waals surface area contributed by atoms with E-state index in [4.69, 9.17) is 4.74 Å². The Morgan fingerprint density at radius 1 is 1.24 bits per heavy atom. The summed E-state index contributed by atoms with van der Waals surface area (Å²) in [4.78, 5) is 4.15. The van der Waals surface area contributed by atoms with Crippen LogP contribution in [0.2, 0.25) is 0 Å². The van der Waals surface area contributed by atoms with Crippen molar-refractivity contribution in [2.24, 2.45) is 4.99 Å². The quantitative estimate of drug-likeness (QED) is 0.352. The lowest BCUT2D eigenvalue weighted by Crippen LogP contribution is -2.43. The van der Waals surface area contributed by atoms with Crippen molar-refractivity contribution in [3.05, 3.63) is 35.9 Å². The van der Waals surface area contributed by atoms with Crippen LogP contribution in [0.3, 0.4) is 0 Å². The minimum absolute atomic E-state index is 0.0445. The minimum Gasteiger partial charge on any atom is -0.381 e. The monoisotopic (exact) mass is 369 g/mol. The van der Waals surface area contributed by atoms with Crippen molar-refractivity contribution in [1.29, 1.82) is 0 Å². The molecule has 0 bridgehead atoms. The average molecular weight is 370 g/mol. The molecule has 7 heteroatoms. The molecule has 1 unspecified atom stereocenters. The van der Waals surface area contributed by atoms with Gasteiger partial charge in [0.15, 0.2) is 5.96 Å². The van der Waals surface area contributed by atoms with Crippen molar-refractivity contribution in [3.63, 3.8) is 0 Å². The van der Waals surface area contributed by atoms with Gasteiger partial charge in [-0.3, -0.25) is 4.99 Å². The Morgan fingerprint density at radius 2 is 1.96 bits per heavy atom. The highest BCUT2D eigenvalue weighted by Gasteiger charge is 2.09. The average Bonchev–Trinajstić information content (AvgIpc) is 2.58. The Bertz CT molecular complexity index is 603. The molecule has 0 saturated heterocycles. The van der Waals surface area contributed by atoms with Crippen LogP contribution in [0.25, 0.3) is 0 Å². The maximum Gasteiger partial charge on any atom is 0.191 e. The number of hydrogen-bond donors (Lipinski definition) is 2.